The number of sulfonamides is 1. The molecule has 130 valence electrons. The van der Waals surface area contributed by atoms with Crippen LogP contribution in [-0.2, 0) is 16.6 Å². The fraction of sp³-hybridized carbons (Fsp3) is 0.533. The molecule has 0 spiro atoms. The molecule has 1 aliphatic rings. The van der Waals surface area contributed by atoms with E-state index in [1.165, 1.54) is 38.2 Å². The summed E-state index contributed by atoms with van der Waals surface area (Å²) in [7, 11) is -1.93. The van der Waals surface area contributed by atoms with Crippen LogP contribution in [0.3, 0.4) is 0 Å². The average molecular weight is 452 g/mol. The molecule has 1 fully saturated rings. The summed E-state index contributed by atoms with van der Waals surface area (Å²) in [5.41, 5.74) is 0.845. The maximum Gasteiger partial charge on any atom is 0.238 e. The molecule has 4 N–H and O–H groups in total. The largest absolute Gasteiger partial charge is 0.354 e. The molecule has 0 unspecified atom stereocenters. The highest BCUT2D eigenvalue weighted by Crippen LogP contribution is 2.17. The van der Waals surface area contributed by atoms with Gasteiger partial charge < -0.3 is 10.6 Å². The maximum atomic E-state index is 11.4. The number of hydrogen-bond donors (Lipinski definition) is 3. The van der Waals surface area contributed by atoms with E-state index in [0.717, 1.165) is 11.5 Å². The Hall–Kier alpha value is -0.870. The lowest BCUT2D eigenvalue weighted by molar-refractivity contribution is 0.410. The number of benzene rings is 1. The molecule has 1 aromatic carbocycles. The first-order valence-electron chi connectivity index (χ1n) is 7.58. The van der Waals surface area contributed by atoms with Crippen LogP contribution in [0.4, 0.5) is 0 Å². The molecule has 0 aliphatic heterocycles. The van der Waals surface area contributed by atoms with E-state index in [-0.39, 0.29) is 28.9 Å². The molecule has 1 aliphatic carbocycles. The monoisotopic (exact) mass is 452 g/mol. The number of guanidine groups is 1. The minimum Gasteiger partial charge on any atom is -0.354 e. The van der Waals surface area contributed by atoms with Gasteiger partial charge in [0.05, 0.1) is 4.90 Å². The minimum absolute atomic E-state index is 0. The van der Waals surface area contributed by atoms with Crippen molar-refractivity contribution in [3.63, 3.8) is 0 Å². The maximum absolute atomic E-state index is 11.4. The van der Waals surface area contributed by atoms with Gasteiger partial charge in [0.2, 0.25) is 10.0 Å². The molecule has 6 nitrogen and oxygen atoms in total. The Morgan fingerprint density at radius 1 is 1.30 bits per heavy atom. The normalized spacial score (nSPS) is 16.5. The average Bonchev–Trinajstić information content (AvgIpc) is 2.52. The Balaban J connectivity index is 0.00000264. The Kier molecular flexibility index (Phi) is 8.27. The Morgan fingerprint density at radius 2 is 2.00 bits per heavy atom. The molecule has 23 heavy (non-hydrogen) atoms. The molecular weight excluding hydrogens is 427 g/mol. The van der Waals surface area contributed by atoms with Gasteiger partial charge in [-0.2, -0.15) is 0 Å². The van der Waals surface area contributed by atoms with E-state index < -0.39 is 10.0 Å². The molecule has 0 saturated heterocycles. The predicted molar refractivity (Wildman–Crippen MR) is 103 cm³/mol. The minimum atomic E-state index is -3.67. The van der Waals surface area contributed by atoms with Crippen LogP contribution in [0.25, 0.3) is 0 Å². The van der Waals surface area contributed by atoms with E-state index in [0.29, 0.717) is 12.6 Å². The Bertz CT molecular complexity index is 628. The van der Waals surface area contributed by atoms with Gasteiger partial charge in [-0.1, -0.05) is 31.4 Å². The molecule has 0 heterocycles. The Labute approximate surface area is 155 Å². The van der Waals surface area contributed by atoms with Crippen molar-refractivity contribution in [3.8, 4) is 0 Å². The quantitative estimate of drug-likeness (QED) is 0.370. The van der Waals surface area contributed by atoms with Crippen LogP contribution < -0.4 is 15.8 Å². The molecule has 8 heteroatoms. The second kappa shape index (κ2) is 9.43. The van der Waals surface area contributed by atoms with Gasteiger partial charge in [-0.15, -0.1) is 24.0 Å². The standard InChI is InChI=1S/C15H24N4O2S.HI/c1-17-15(19-13-7-3-2-4-8-13)18-11-12-6-5-9-14(10-12)22(16,20)21;/h5-6,9-10,13H,2-4,7-8,11H2,1H3,(H2,16,20,21)(H2,17,18,19);1H. The molecule has 0 radical (unpaired) electrons. The summed E-state index contributed by atoms with van der Waals surface area (Å²) < 4.78 is 22.7. The molecule has 2 rings (SSSR count). The summed E-state index contributed by atoms with van der Waals surface area (Å²) >= 11 is 0. The summed E-state index contributed by atoms with van der Waals surface area (Å²) in [5.74, 6) is 0.743. The van der Waals surface area contributed by atoms with Crippen molar-refractivity contribution in [2.45, 2.75) is 49.6 Å². The van der Waals surface area contributed by atoms with Crippen molar-refractivity contribution in [1.82, 2.24) is 10.6 Å². The first-order chi connectivity index (χ1) is 10.5. The van der Waals surface area contributed by atoms with E-state index >= 15 is 0 Å². The third kappa shape index (κ3) is 6.64. The molecule has 0 atom stereocenters. The number of halogens is 1. The van der Waals surface area contributed by atoms with Crippen LogP contribution in [0.15, 0.2) is 34.2 Å². The van der Waals surface area contributed by atoms with Crippen molar-refractivity contribution >= 4 is 40.0 Å². The smallest absolute Gasteiger partial charge is 0.238 e. The highest BCUT2D eigenvalue weighted by atomic mass is 127. The molecule has 0 bridgehead atoms. The predicted octanol–water partition coefficient (Wildman–Crippen LogP) is 1.95. The number of primary sulfonamides is 1. The third-order valence-corrected chi connectivity index (χ3v) is 4.77. The lowest BCUT2D eigenvalue weighted by atomic mass is 9.96. The van der Waals surface area contributed by atoms with Crippen LogP contribution in [0.2, 0.25) is 0 Å². The van der Waals surface area contributed by atoms with Crippen molar-refractivity contribution in [2.75, 3.05) is 7.05 Å². The van der Waals surface area contributed by atoms with Crippen LogP contribution in [-0.4, -0.2) is 27.5 Å². The number of nitrogens with two attached hydrogens (primary N) is 1. The van der Waals surface area contributed by atoms with Gasteiger partial charge in [0.1, 0.15) is 0 Å². The van der Waals surface area contributed by atoms with Crippen LogP contribution in [0.1, 0.15) is 37.7 Å². The lowest BCUT2D eigenvalue weighted by Gasteiger charge is -2.24. The highest BCUT2D eigenvalue weighted by Gasteiger charge is 2.14. The van der Waals surface area contributed by atoms with Crippen molar-refractivity contribution in [2.24, 2.45) is 10.1 Å². The number of hydrogen-bond acceptors (Lipinski definition) is 3. The van der Waals surface area contributed by atoms with Crippen molar-refractivity contribution in [1.29, 1.82) is 0 Å². The zero-order chi connectivity index (χ0) is 16.0. The molecule has 1 saturated carbocycles. The third-order valence-electron chi connectivity index (χ3n) is 3.86. The molecular formula is C15H25IN4O2S. The van der Waals surface area contributed by atoms with Gasteiger partial charge in [0.15, 0.2) is 5.96 Å². The van der Waals surface area contributed by atoms with Gasteiger partial charge in [0.25, 0.3) is 0 Å². The van der Waals surface area contributed by atoms with E-state index in [1.807, 2.05) is 6.07 Å². The van der Waals surface area contributed by atoms with Crippen molar-refractivity contribution in [3.05, 3.63) is 29.8 Å². The topological polar surface area (TPSA) is 96.6 Å². The number of nitrogens with zero attached hydrogens (tertiary/aromatic N) is 1. The highest BCUT2D eigenvalue weighted by molar-refractivity contribution is 14.0. The van der Waals surface area contributed by atoms with E-state index in [1.54, 1.807) is 19.2 Å². The van der Waals surface area contributed by atoms with E-state index in [9.17, 15) is 8.42 Å². The summed E-state index contributed by atoms with van der Waals surface area (Å²) in [6.07, 6.45) is 6.16. The summed E-state index contributed by atoms with van der Waals surface area (Å²) in [5, 5.41) is 11.8. The lowest BCUT2D eigenvalue weighted by Crippen LogP contribution is -2.43. The second-order valence-electron chi connectivity index (χ2n) is 5.60. The zero-order valence-corrected chi connectivity index (χ0v) is 16.4. The Morgan fingerprint density at radius 3 is 2.61 bits per heavy atom. The van der Waals surface area contributed by atoms with Gasteiger partial charge in [-0.05, 0) is 30.5 Å². The summed E-state index contributed by atoms with van der Waals surface area (Å²) in [4.78, 5) is 4.35. The van der Waals surface area contributed by atoms with E-state index in [2.05, 4.69) is 15.6 Å². The van der Waals surface area contributed by atoms with Crippen LogP contribution >= 0.6 is 24.0 Å². The van der Waals surface area contributed by atoms with Crippen molar-refractivity contribution < 1.29 is 8.42 Å². The fourth-order valence-electron chi connectivity index (χ4n) is 2.65. The zero-order valence-electron chi connectivity index (χ0n) is 13.3. The first-order valence-corrected chi connectivity index (χ1v) is 9.12. The summed E-state index contributed by atoms with van der Waals surface area (Å²) in [6.45, 7) is 0.496. The summed E-state index contributed by atoms with van der Waals surface area (Å²) in [6, 6.07) is 7.09. The van der Waals surface area contributed by atoms with Gasteiger partial charge in [-0.25, -0.2) is 13.6 Å². The fourth-order valence-corrected chi connectivity index (χ4v) is 3.24. The van der Waals surface area contributed by atoms with Crippen LogP contribution in [0.5, 0.6) is 0 Å². The van der Waals surface area contributed by atoms with Gasteiger partial charge in [0, 0.05) is 19.6 Å². The molecule has 1 aromatic rings. The number of rotatable bonds is 4. The molecule has 0 amide bonds. The molecule has 0 aromatic heterocycles. The SMILES string of the molecule is CN=C(NCc1cccc(S(N)(=O)=O)c1)NC1CCCCC1.I. The van der Waals surface area contributed by atoms with Crippen LogP contribution in [0, 0.1) is 0 Å². The first kappa shape index (κ1) is 20.2. The number of aliphatic imine (C=N–C) groups is 1. The van der Waals surface area contributed by atoms with Gasteiger partial charge >= 0.3 is 0 Å². The van der Waals surface area contributed by atoms with Gasteiger partial charge in [-0.3, -0.25) is 4.99 Å². The second-order valence-corrected chi connectivity index (χ2v) is 7.16. The van der Waals surface area contributed by atoms with E-state index in [4.69, 9.17) is 5.14 Å². The number of nitrogens with one attached hydrogen (secondary N) is 2.